The molecule has 3 rings (SSSR count). The summed E-state index contributed by atoms with van der Waals surface area (Å²) in [7, 11) is -3.93. The lowest BCUT2D eigenvalue weighted by Gasteiger charge is -2.12. The average molecular weight is 464 g/mol. The van der Waals surface area contributed by atoms with Crippen molar-refractivity contribution in [3.8, 4) is 0 Å². The van der Waals surface area contributed by atoms with E-state index in [0.717, 1.165) is 0 Å². The van der Waals surface area contributed by atoms with Crippen molar-refractivity contribution < 1.29 is 18.0 Å². The SMILES string of the molecule is CCc1ccc(NC(=O)c2ccc(Cl)c(NC(=O)c3cccs3)c2)cc1S(N)(=O)=O. The van der Waals surface area contributed by atoms with E-state index in [1.165, 1.54) is 35.6 Å². The van der Waals surface area contributed by atoms with E-state index in [4.69, 9.17) is 16.7 Å². The van der Waals surface area contributed by atoms with Crippen molar-refractivity contribution >= 4 is 56.2 Å². The normalized spacial score (nSPS) is 11.2. The third-order valence-corrected chi connectivity index (χ3v) is 6.43. The van der Waals surface area contributed by atoms with Gasteiger partial charge in [0.15, 0.2) is 0 Å². The van der Waals surface area contributed by atoms with Gasteiger partial charge in [-0.05, 0) is 53.8 Å². The Hall–Kier alpha value is -2.72. The van der Waals surface area contributed by atoms with Crippen molar-refractivity contribution in [2.45, 2.75) is 18.2 Å². The average Bonchev–Trinajstić information content (AvgIpc) is 3.24. The van der Waals surface area contributed by atoms with Gasteiger partial charge in [0, 0.05) is 11.3 Å². The molecule has 0 radical (unpaired) electrons. The first-order valence-electron chi connectivity index (χ1n) is 8.80. The lowest BCUT2D eigenvalue weighted by atomic mass is 10.1. The van der Waals surface area contributed by atoms with Gasteiger partial charge in [0.25, 0.3) is 11.8 Å². The van der Waals surface area contributed by atoms with Crippen molar-refractivity contribution in [3.63, 3.8) is 0 Å². The zero-order valence-corrected chi connectivity index (χ0v) is 18.2. The van der Waals surface area contributed by atoms with Gasteiger partial charge in [-0.3, -0.25) is 9.59 Å². The summed E-state index contributed by atoms with van der Waals surface area (Å²) in [6, 6.07) is 12.4. The number of rotatable bonds is 6. The summed E-state index contributed by atoms with van der Waals surface area (Å²) >= 11 is 7.43. The molecule has 0 atom stereocenters. The third kappa shape index (κ3) is 5.06. The molecule has 3 aromatic rings. The lowest BCUT2D eigenvalue weighted by molar-refractivity contribution is 0.101. The molecule has 0 saturated heterocycles. The van der Waals surface area contributed by atoms with Gasteiger partial charge in [0.05, 0.1) is 20.5 Å². The standard InChI is InChI=1S/C20H18ClN3O4S2/c1-2-12-5-7-14(11-18(12)30(22,27)28)23-19(25)13-6-8-15(21)16(10-13)24-20(26)17-4-3-9-29-17/h3-11H,2H2,1H3,(H,23,25)(H,24,26)(H2,22,27,28). The number of thiophene rings is 1. The van der Waals surface area contributed by atoms with Gasteiger partial charge in [0.1, 0.15) is 0 Å². The second kappa shape index (κ2) is 8.97. The summed E-state index contributed by atoms with van der Waals surface area (Å²) in [5.74, 6) is -0.833. The molecule has 0 bridgehead atoms. The van der Waals surface area contributed by atoms with Crippen molar-refractivity contribution in [2.75, 3.05) is 10.6 Å². The molecule has 156 valence electrons. The first kappa shape index (κ1) is 22.0. The topological polar surface area (TPSA) is 118 Å². The quantitative estimate of drug-likeness (QED) is 0.509. The van der Waals surface area contributed by atoms with E-state index >= 15 is 0 Å². The first-order valence-corrected chi connectivity index (χ1v) is 11.6. The number of primary sulfonamides is 1. The Kier molecular flexibility index (Phi) is 6.57. The Bertz CT molecular complexity index is 1210. The van der Waals surface area contributed by atoms with E-state index in [1.54, 1.807) is 29.6 Å². The van der Waals surface area contributed by atoms with Crippen LogP contribution in [0.2, 0.25) is 5.02 Å². The van der Waals surface area contributed by atoms with Crippen LogP contribution in [0.4, 0.5) is 11.4 Å². The molecule has 7 nitrogen and oxygen atoms in total. The Balaban J connectivity index is 1.83. The van der Waals surface area contributed by atoms with Crippen molar-refractivity contribution in [3.05, 3.63) is 74.9 Å². The van der Waals surface area contributed by atoms with E-state index < -0.39 is 15.9 Å². The molecular weight excluding hydrogens is 446 g/mol. The van der Waals surface area contributed by atoms with Crippen LogP contribution in [0.1, 0.15) is 32.5 Å². The first-order chi connectivity index (χ1) is 14.2. The maximum Gasteiger partial charge on any atom is 0.265 e. The number of nitrogens with two attached hydrogens (primary N) is 1. The fourth-order valence-corrected chi connectivity index (χ4v) is 4.40. The van der Waals surface area contributed by atoms with E-state index in [0.29, 0.717) is 16.9 Å². The molecule has 10 heteroatoms. The van der Waals surface area contributed by atoms with E-state index in [-0.39, 0.29) is 32.8 Å². The van der Waals surface area contributed by atoms with Gasteiger partial charge >= 0.3 is 0 Å². The monoisotopic (exact) mass is 463 g/mol. The molecular formula is C20H18ClN3O4S2. The number of nitrogens with one attached hydrogen (secondary N) is 2. The van der Waals surface area contributed by atoms with Crippen LogP contribution in [0, 0.1) is 0 Å². The Morgan fingerprint density at radius 1 is 1.07 bits per heavy atom. The second-order valence-corrected chi connectivity index (χ2v) is 9.19. The van der Waals surface area contributed by atoms with Crippen molar-refractivity contribution in [2.24, 2.45) is 5.14 Å². The highest BCUT2D eigenvalue weighted by molar-refractivity contribution is 7.89. The zero-order chi connectivity index (χ0) is 21.9. The van der Waals surface area contributed by atoms with Crippen LogP contribution >= 0.6 is 22.9 Å². The summed E-state index contributed by atoms with van der Waals surface area (Å²) in [4.78, 5) is 25.4. The number of amides is 2. The number of halogens is 1. The molecule has 0 spiro atoms. The molecule has 0 aliphatic rings. The van der Waals surface area contributed by atoms with Crippen LogP contribution in [0.5, 0.6) is 0 Å². The van der Waals surface area contributed by atoms with Crippen LogP contribution in [0.3, 0.4) is 0 Å². The molecule has 1 heterocycles. The smallest absolute Gasteiger partial charge is 0.265 e. The van der Waals surface area contributed by atoms with Crippen LogP contribution in [0.15, 0.2) is 58.8 Å². The molecule has 1 aromatic heterocycles. The Morgan fingerprint density at radius 3 is 2.47 bits per heavy atom. The second-order valence-electron chi connectivity index (χ2n) is 6.30. The van der Waals surface area contributed by atoms with E-state index in [1.807, 2.05) is 6.92 Å². The summed E-state index contributed by atoms with van der Waals surface area (Å²) in [5, 5.41) is 12.6. The minimum atomic E-state index is -3.93. The summed E-state index contributed by atoms with van der Waals surface area (Å²) in [6.07, 6.45) is 0.477. The number of carbonyl (C=O) groups is 2. The maximum atomic E-state index is 12.7. The molecule has 0 unspecified atom stereocenters. The zero-order valence-electron chi connectivity index (χ0n) is 15.8. The summed E-state index contributed by atoms with van der Waals surface area (Å²) < 4.78 is 23.6. The predicted octanol–water partition coefficient (Wildman–Crippen LogP) is 4.12. The van der Waals surface area contributed by atoms with Crippen LogP contribution in [-0.4, -0.2) is 20.2 Å². The summed E-state index contributed by atoms with van der Waals surface area (Å²) in [5.41, 5.74) is 1.35. The number of benzene rings is 2. The molecule has 2 aromatic carbocycles. The number of hydrogen-bond acceptors (Lipinski definition) is 5. The molecule has 0 saturated carbocycles. The Morgan fingerprint density at radius 2 is 1.83 bits per heavy atom. The van der Waals surface area contributed by atoms with E-state index in [9.17, 15) is 18.0 Å². The van der Waals surface area contributed by atoms with Crippen LogP contribution in [-0.2, 0) is 16.4 Å². The predicted molar refractivity (Wildman–Crippen MR) is 119 cm³/mol. The highest BCUT2D eigenvalue weighted by Gasteiger charge is 2.16. The van der Waals surface area contributed by atoms with Crippen molar-refractivity contribution in [1.82, 2.24) is 0 Å². The highest BCUT2D eigenvalue weighted by Crippen LogP contribution is 2.26. The Labute approximate surface area is 182 Å². The number of aryl methyl sites for hydroxylation is 1. The van der Waals surface area contributed by atoms with Gasteiger partial charge in [0.2, 0.25) is 10.0 Å². The van der Waals surface area contributed by atoms with Gasteiger partial charge in [-0.25, -0.2) is 13.6 Å². The molecule has 4 N–H and O–H groups in total. The molecule has 0 aliphatic carbocycles. The largest absolute Gasteiger partial charge is 0.322 e. The molecule has 0 fully saturated rings. The van der Waals surface area contributed by atoms with E-state index in [2.05, 4.69) is 10.6 Å². The minimum Gasteiger partial charge on any atom is -0.322 e. The van der Waals surface area contributed by atoms with Gasteiger partial charge in [-0.2, -0.15) is 0 Å². The van der Waals surface area contributed by atoms with Crippen LogP contribution < -0.4 is 15.8 Å². The fraction of sp³-hybridized carbons (Fsp3) is 0.100. The summed E-state index contributed by atoms with van der Waals surface area (Å²) in [6.45, 7) is 1.81. The number of anilines is 2. The highest BCUT2D eigenvalue weighted by atomic mass is 35.5. The number of hydrogen-bond donors (Lipinski definition) is 3. The molecule has 30 heavy (non-hydrogen) atoms. The third-order valence-electron chi connectivity index (χ3n) is 4.23. The molecule has 2 amide bonds. The minimum absolute atomic E-state index is 0.0391. The fourth-order valence-electron chi connectivity index (χ4n) is 2.75. The lowest BCUT2D eigenvalue weighted by Crippen LogP contribution is -2.17. The number of sulfonamides is 1. The van der Waals surface area contributed by atoms with Crippen molar-refractivity contribution in [1.29, 1.82) is 0 Å². The van der Waals surface area contributed by atoms with Crippen LogP contribution in [0.25, 0.3) is 0 Å². The maximum absolute atomic E-state index is 12.7. The number of carbonyl (C=O) groups excluding carboxylic acids is 2. The van der Waals surface area contributed by atoms with Gasteiger partial charge in [-0.1, -0.05) is 30.7 Å². The molecule has 0 aliphatic heterocycles. The van der Waals surface area contributed by atoms with Gasteiger partial charge in [-0.15, -0.1) is 11.3 Å². The van der Waals surface area contributed by atoms with Gasteiger partial charge < -0.3 is 10.6 Å².